The van der Waals surface area contributed by atoms with Crippen molar-refractivity contribution in [1.82, 2.24) is 30.6 Å². The lowest BCUT2D eigenvalue weighted by molar-refractivity contribution is 0.371. The first-order valence-electron chi connectivity index (χ1n) is 10.0. The highest BCUT2D eigenvalue weighted by atomic mass is 16.5. The van der Waals surface area contributed by atoms with Gasteiger partial charge >= 0.3 is 0 Å². The summed E-state index contributed by atoms with van der Waals surface area (Å²) in [6.45, 7) is 8.93. The maximum absolute atomic E-state index is 5.29. The Morgan fingerprint density at radius 3 is 2.69 bits per heavy atom. The molecule has 3 rings (SSSR count). The number of aromatic nitrogens is 4. The quantitative estimate of drug-likeness (QED) is 0.427. The van der Waals surface area contributed by atoms with Gasteiger partial charge in [-0.15, -0.1) is 0 Å². The summed E-state index contributed by atoms with van der Waals surface area (Å²) >= 11 is 0. The molecule has 0 saturated heterocycles. The molecule has 2 heterocycles. The Hall–Kier alpha value is -3.16. The van der Waals surface area contributed by atoms with Crippen LogP contribution in [-0.2, 0) is 19.5 Å². The molecule has 0 saturated carbocycles. The Morgan fingerprint density at radius 1 is 1.17 bits per heavy atom. The van der Waals surface area contributed by atoms with E-state index in [9.17, 15) is 0 Å². The second kappa shape index (κ2) is 10.4. The molecule has 154 valence electrons. The van der Waals surface area contributed by atoms with Crippen LogP contribution in [0.1, 0.15) is 49.5 Å². The topological polar surface area (TPSA) is 93.2 Å². The average molecular weight is 396 g/mol. The van der Waals surface area contributed by atoms with Gasteiger partial charge in [0, 0.05) is 37.8 Å². The predicted molar refractivity (Wildman–Crippen MR) is 113 cm³/mol. The first-order valence-corrected chi connectivity index (χ1v) is 10.0. The standard InChI is InChI=1S/C21H29N7O/c1-4-22-21(23-12-10-19-26-20(16(2)3)27-29-19)24-14-17-8-5-6-9-18(17)15-28-13-7-11-25-28/h5-9,11,13,16H,4,10,12,14-15H2,1-3H3,(H2,22,23,24). The van der Waals surface area contributed by atoms with E-state index in [0.29, 0.717) is 25.4 Å². The van der Waals surface area contributed by atoms with E-state index in [1.54, 1.807) is 6.20 Å². The van der Waals surface area contributed by atoms with Gasteiger partial charge in [0.1, 0.15) is 0 Å². The van der Waals surface area contributed by atoms with Crippen molar-refractivity contribution in [3.05, 3.63) is 65.6 Å². The first-order chi connectivity index (χ1) is 14.2. The molecule has 8 heteroatoms. The zero-order valence-corrected chi connectivity index (χ0v) is 17.3. The van der Waals surface area contributed by atoms with E-state index in [4.69, 9.17) is 9.52 Å². The molecule has 2 aromatic heterocycles. The molecule has 0 amide bonds. The zero-order chi connectivity index (χ0) is 20.5. The van der Waals surface area contributed by atoms with Gasteiger partial charge in [-0.1, -0.05) is 43.3 Å². The van der Waals surface area contributed by atoms with Crippen LogP contribution in [0.2, 0.25) is 0 Å². The highest BCUT2D eigenvalue weighted by Crippen LogP contribution is 2.12. The Morgan fingerprint density at radius 2 is 2.00 bits per heavy atom. The molecule has 1 aromatic carbocycles. The minimum absolute atomic E-state index is 0.265. The summed E-state index contributed by atoms with van der Waals surface area (Å²) < 4.78 is 7.21. The smallest absolute Gasteiger partial charge is 0.228 e. The van der Waals surface area contributed by atoms with E-state index in [1.807, 2.05) is 42.9 Å². The minimum atomic E-state index is 0.265. The lowest BCUT2D eigenvalue weighted by Crippen LogP contribution is -2.38. The van der Waals surface area contributed by atoms with Gasteiger partial charge < -0.3 is 15.2 Å². The summed E-state index contributed by atoms with van der Waals surface area (Å²) in [6.07, 6.45) is 4.41. The molecule has 0 radical (unpaired) electrons. The molecule has 0 fully saturated rings. The molecule has 3 aromatic rings. The van der Waals surface area contributed by atoms with E-state index >= 15 is 0 Å². The summed E-state index contributed by atoms with van der Waals surface area (Å²) in [5.41, 5.74) is 2.39. The number of rotatable bonds is 9. The molecular formula is C21H29N7O. The lowest BCUT2D eigenvalue weighted by Gasteiger charge is -2.12. The fraction of sp³-hybridized carbons (Fsp3) is 0.429. The van der Waals surface area contributed by atoms with Gasteiger partial charge in [0.05, 0.1) is 13.1 Å². The van der Waals surface area contributed by atoms with Gasteiger partial charge in [-0.05, 0) is 24.1 Å². The Balaban J connectivity index is 1.59. The van der Waals surface area contributed by atoms with Gasteiger partial charge in [0.25, 0.3) is 0 Å². The van der Waals surface area contributed by atoms with E-state index in [0.717, 1.165) is 24.9 Å². The third-order valence-corrected chi connectivity index (χ3v) is 4.39. The van der Waals surface area contributed by atoms with Crippen molar-refractivity contribution in [3.63, 3.8) is 0 Å². The summed E-state index contributed by atoms with van der Waals surface area (Å²) in [4.78, 5) is 9.14. The molecule has 0 aliphatic heterocycles. The lowest BCUT2D eigenvalue weighted by atomic mass is 10.1. The number of aliphatic imine (C=N–C) groups is 1. The molecule has 29 heavy (non-hydrogen) atoms. The molecule has 0 aliphatic carbocycles. The fourth-order valence-electron chi connectivity index (χ4n) is 2.83. The third kappa shape index (κ3) is 6.17. The van der Waals surface area contributed by atoms with Crippen molar-refractivity contribution in [3.8, 4) is 0 Å². The van der Waals surface area contributed by atoms with Crippen LogP contribution in [0.5, 0.6) is 0 Å². The van der Waals surface area contributed by atoms with Crippen LogP contribution < -0.4 is 10.6 Å². The summed E-state index contributed by atoms with van der Waals surface area (Å²) in [5.74, 6) is 2.42. The Bertz CT molecular complexity index is 899. The van der Waals surface area contributed by atoms with E-state index < -0.39 is 0 Å². The molecule has 0 spiro atoms. The van der Waals surface area contributed by atoms with Crippen LogP contribution in [0.15, 0.2) is 52.2 Å². The van der Waals surface area contributed by atoms with Gasteiger partial charge in [0.2, 0.25) is 5.89 Å². The van der Waals surface area contributed by atoms with Crippen molar-refractivity contribution < 1.29 is 4.52 Å². The van der Waals surface area contributed by atoms with Crippen molar-refractivity contribution >= 4 is 5.96 Å². The van der Waals surface area contributed by atoms with Crippen LogP contribution in [0.4, 0.5) is 0 Å². The van der Waals surface area contributed by atoms with Crippen LogP contribution >= 0.6 is 0 Å². The Kier molecular flexibility index (Phi) is 7.38. The van der Waals surface area contributed by atoms with Crippen molar-refractivity contribution in [1.29, 1.82) is 0 Å². The van der Waals surface area contributed by atoms with Crippen LogP contribution in [0, 0.1) is 0 Å². The monoisotopic (exact) mass is 395 g/mol. The van der Waals surface area contributed by atoms with Gasteiger partial charge in [-0.25, -0.2) is 4.99 Å². The highest BCUT2D eigenvalue weighted by Gasteiger charge is 2.09. The van der Waals surface area contributed by atoms with E-state index in [-0.39, 0.29) is 5.92 Å². The van der Waals surface area contributed by atoms with E-state index in [1.165, 1.54) is 11.1 Å². The number of hydrogen-bond donors (Lipinski definition) is 2. The summed E-state index contributed by atoms with van der Waals surface area (Å²) in [7, 11) is 0. The average Bonchev–Trinajstić information content (AvgIpc) is 3.39. The van der Waals surface area contributed by atoms with Gasteiger partial charge in [-0.2, -0.15) is 10.1 Å². The Labute approximate surface area is 171 Å². The highest BCUT2D eigenvalue weighted by molar-refractivity contribution is 5.79. The van der Waals surface area contributed by atoms with Crippen molar-refractivity contribution in [2.45, 2.75) is 46.2 Å². The van der Waals surface area contributed by atoms with Crippen LogP contribution in [-0.4, -0.2) is 39.0 Å². The molecule has 0 bridgehead atoms. The number of guanidine groups is 1. The summed E-state index contributed by atoms with van der Waals surface area (Å²) in [6, 6.07) is 10.2. The maximum atomic E-state index is 5.29. The van der Waals surface area contributed by atoms with Crippen molar-refractivity contribution in [2.24, 2.45) is 4.99 Å². The normalized spacial score (nSPS) is 11.8. The van der Waals surface area contributed by atoms with Gasteiger partial charge in [-0.3, -0.25) is 4.68 Å². The SMILES string of the molecule is CCNC(=NCc1ccccc1Cn1cccn1)NCCc1nc(C(C)C)no1. The number of hydrogen-bond acceptors (Lipinski definition) is 5. The minimum Gasteiger partial charge on any atom is -0.357 e. The largest absolute Gasteiger partial charge is 0.357 e. The predicted octanol–water partition coefficient (Wildman–Crippen LogP) is 2.74. The zero-order valence-electron chi connectivity index (χ0n) is 17.3. The number of nitrogens with one attached hydrogen (secondary N) is 2. The molecule has 0 atom stereocenters. The van der Waals surface area contributed by atoms with Crippen LogP contribution in [0.3, 0.4) is 0 Å². The third-order valence-electron chi connectivity index (χ3n) is 4.39. The fourth-order valence-corrected chi connectivity index (χ4v) is 2.83. The van der Waals surface area contributed by atoms with Gasteiger partial charge in [0.15, 0.2) is 11.8 Å². The molecule has 2 N–H and O–H groups in total. The summed E-state index contributed by atoms with van der Waals surface area (Å²) in [5, 5.41) is 14.9. The maximum Gasteiger partial charge on any atom is 0.228 e. The van der Waals surface area contributed by atoms with E-state index in [2.05, 4.69) is 44.9 Å². The molecule has 8 nitrogen and oxygen atoms in total. The second-order valence-electron chi connectivity index (χ2n) is 7.05. The second-order valence-corrected chi connectivity index (χ2v) is 7.05. The molecule has 0 unspecified atom stereocenters. The number of benzene rings is 1. The molecule has 0 aliphatic rings. The number of nitrogens with zero attached hydrogens (tertiary/aromatic N) is 5. The van der Waals surface area contributed by atoms with Crippen LogP contribution in [0.25, 0.3) is 0 Å². The van der Waals surface area contributed by atoms with Crippen molar-refractivity contribution in [2.75, 3.05) is 13.1 Å². The first kappa shape index (κ1) is 20.6. The molecular weight excluding hydrogens is 366 g/mol.